The lowest BCUT2D eigenvalue weighted by Gasteiger charge is -2.31. The molecule has 3 amide bonds. The van der Waals surface area contributed by atoms with Crippen LogP contribution in [0.4, 0.5) is 0 Å². The van der Waals surface area contributed by atoms with E-state index in [1.807, 2.05) is 0 Å². The van der Waals surface area contributed by atoms with Gasteiger partial charge in [-0.1, -0.05) is 48.7 Å². The average molecular weight is 504 g/mol. The molecule has 0 aromatic heterocycles. The number of fused-ring (bicyclic) bond motifs is 1. The van der Waals surface area contributed by atoms with Crippen molar-refractivity contribution in [3.63, 3.8) is 0 Å². The quantitative estimate of drug-likeness (QED) is 0.625. The fourth-order valence-corrected chi connectivity index (χ4v) is 6.01. The second-order valence-corrected chi connectivity index (χ2v) is 10.9. The zero-order valence-electron chi connectivity index (χ0n) is 18.7. The Morgan fingerprint density at radius 1 is 1.12 bits per heavy atom. The lowest BCUT2D eigenvalue weighted by atomic mass is 10.1. The zero-order valence-corrected chi connectivity index (χ0v) is 20.3. The van der Waals surface area contributed by atoms with Gasteiger partial charge in [0.15, 0.2) is 0 Å². The van der Waals surface area contributed by atoms with Crippen molar-refractivity contribution in [3.8, 4) is 0 Å². The first kappa shape index (κ1) is 24.2. The van der Waals surface area contributed by atoms with Crippen LogP contribution in [-0.4, -0.2) is 54.0 Å². The number of rotatable bonds is 7. The second-order valence-electron chi connectivity index (χ2n) is 8.63. The first-order valence-corrected chi connectivity index (χ1v) is 13.0. The summed E-state index contributed by atoms with van der Waals surface area (Å²) in [5.41, 5.74) is 0.753. The van der Waals surface area contributed by atoms with Crippen molar-refractivity contribution in [2.24, 2.45) is 0 Å². The summed E-state index contributed by atoms with van der Waals surface area (Å²) in [4.78, 5) is 40.3. The summed E-state index contributed by atoms with van der Waals surface area (Å²) >= 11 is 5.97. The number of nitrogens with zero attached hydrogens (tertiary/aromatic N) is 2. The van der Waals surface area contributed by atoms with Crippen LogP contribution in [0.2, 0.25) is 5.02 Å². The number of carbonyl (C=O) groups is 3. The van der Waals surface area contributed by atoms with Gasteiger partial charge in [-0.3, -0.25) is 14.4 Å². The van der Waals surface area contributed by atoms with E-state index in [2.05, 4.69) is 5.32 Å². The number of sulfonamides is 1. The molecule has 34 heavy (non-hydrogen) atoms. The smallest absolute Gasteiger partial charge is 0.269 e. The van der Waals surface area contributed by atoms with E-state index in [1.165, 1.54) is 23.1 Å². The molecular weight excluding hydrogens is 478 g/mol. The van der Waals surface area contributed by atoms with E-state index < -0.39 is 34.4 Å². The molecule has 0 saturated heterocycles. The molecule has 1 atom stereocenters. The minimum Gasteiger partial charge on any atom is -0.352 e. The number of carbonyl (C=O) groups excluding carboxylic acids is 3. The van der Waals surface area contributed by atoms with Crippen molar-refractivity contribution in [2.45, 2.75) is 56.1 Å². The summed E-state index contributed by atoms with van der Waals surface area (Å²) in [6.45, 7) is 0.974. The Kier molecular flexibility index (Phi) is 6.95. The van der Waals surface area contributed by atoms with Gasteiger partial charge in [-0.2, -0.15) is 0 Å². The standard InChI is InChI=1S/C24H26ClN3O5S/c1-16(23(30)26-19-6-2-3-7-19)27(14-17-10-12-18(25)13-11-17)22(29)15-28-24(31)20-8-4-5-9-21(20)34(28,32)33/h4-5,8-13,16,19H,2-3,6-7,14-15H2,1H3,(H,26,30)/t16-/m0/s1. The summed E-state index contributed by atoms with van der Waals surface area (Å²) in [6, 6.07) is 11.9. The Bertz CT molecular complexity index is 1210. The van der Waals surface area contributed by atoms with Gasteiger partial charge < -0.3 is 10.2 Å². The van der Waals surface area contributed by atoms with Crippen LogP contribution in [0.15, 0.2) is 53.4 Å². The molecule has 1 heterocycles. The molecule has 0 bridgehead atoms. The van der Waals surface area contributed by atoms with E-state index >= 15 is 0 Å². The Morgan fingerprint density at radius 3 is 2.41 bits per heavy atom. The van der Waals surface area contributed by atoms with Gasteiger partial charge in [0.05, 0.1) is 5.56 Å². The molecular formula is C24H26ClN3O5S. The van der Waals surface area contributed by atoms with E-state index in [-0.39, 0.29) is 29.0 Å². The van der Waals surface area contributed by atoms with Gasteiger partial charge >= 0.3 is 0 Å². The molecule has 180 valence electrons. The maximum absolute atomic E-state index is 13.4. The van der Waals surface area contributed by atoms with Crippen LogP contribution in [-0.2, 0) is 26.2 Å². The number of nitrogens with one attached hydrogen (secondary N) is 1. The highest BCUT2D eigenvalue weighted by atomic mass is 35.5. The third-order valence-electron chi connectivity index (χ3n) is 6.33. The molecule has 4 rings (SSSR count). The van der Waals surface area contributed by atoms with Crippen LogP contribution < -0.4 is 5.32 Å². The highest BCUT2D eigenvalue weighted by Crippen LogP contribution is 2.30. The van der Waals surface area contributed by atoms with Crippen LogP contribution in [0.3, 0.4) is 0 Å². The van der Waals surface area contributed by atoms with Gasteiger partial charge in [-0.05, 0) is 49.6 Å². The third kappa shape index (κ3) is 4.81. The molecule has 2 aromatic rings. The molecule has 1 fully saturated rings. The predicted molar refractivity (Wildman–Crippen MR) is 127 cm³/mol. The van der Waals surface area contributed by atoms with Crippen molar-refractivity contribution in [1.82, 2.24) is 14.5 Å². The summed E-state index contributed by atoms with van der Waals surface area (Å²) in [5.74, 6) is -1.71. The van der Waals surface area contributed by atoms with E-state index in [0.717, 1.165) is 31.2 Å². The summed E-state index contributed by atoms with van der Waals surface area (Å²) in [5, 5.41) is 3.52. The third-order valence-corrected chi connectivity index (χ3v) is 8.36. The Labute approximate surface area is 203 Å². The largest absolute Gasteiger partial charge is 0.352 e. The Balaban J connectivity index is 1.57. The molecule has 1 N–H and O–H groups in total. The molecule has 2 aliphatic rings. The first-order valence-electron chi connectivity index (χ1n) is 11.2. The van der Waals surface area contributed by atoms with Crippen molar-refractivity contribution >= 4 is 39.3 Å². The molecule has 0 radical (unpaired) electrons. The fourth-order valence-electron chi connectivity index (χ4n) is 4.36. The van der Waals surface area contributed by atoms with Crippen LogP contribution in [0, 0.1) is 0 Å². The predicted octanol–water partition coefficient (Wildman–Crippen LogP) is 2.96. The maximum atomic E-state index is 13.4. The second kappa shape index (κ2) is 9.76. The summed E-state index contributed by atoms with van der Waals surface area (Å²) < 4.78 is 26.4. The van der Waals surface area contributed by atoms with Crippen LogP contribution >= 0.6 is 11.6 Å². The normalized spacial score (nSPS) is 17.9. The molecule has 1 aliphatic carbocycles. The van der Waals surface area contributed by atoms with Crippen LogP contribution in [0.1, 0.15) is 48.5 Å². The number of benzene rings is 2. The molecule has 0 unspecified atom stereocenters. The first-order chi connectivity index (χ1) is 16.2. The monoisotopic (exact) mass is 503 g/mol. The Hall–Kier alpha value is -2.91. The SMILES string of the molecule is C[C@@H](C(=O)NC1CCCC1)N(Cc1ccc(Cl)cc1)C(=O)CN1C(=O)c2ccccc2S1(=O)=O. The van der Waals surface area contributed by atoms with E-state index in [4.69, 9.17) is 11.6 Å². The molecule has 8 nitrogen and oxygen atoms in total. The van der Waals surface area contributed by atoms with Gasteiger partial charge in [-0.15, -0.1) is 0 Å². The molecule has 2 aromatic carbocycles. The highest BCUT2D eigenvalue weighted by molar-refractivity contribution is 7.90. The lowest BCUT2D eigenvalue weighted by Crippen LogP contribution is -2.52. The topological polar surface area (TPSA) is 104 Å². The van der Waals surface area contributed by atoms with Crippen molar-refractivity contribution in [3.05, 3.63) is 64.7 Å². The van der Waals surface area contributed by atoms with E-state index in [0.29, 0.717) is 9.33 Å². The van der Waals surface area contributed by atoms with Gasteiger partial charge in [0.25, 0.3) is 15.9 Å². The average Bonchev–Trinajstić information content (AvgIpc) is 3.39. The Morgan fingerprint density at radius 2 is 1.76 bits per heavy atom. The fraction of sp³-hybridized carbons (Fsp3) is 0.375. The van der Waals surface area contributed by atoms with Crippen molar-refractivity contribution in [2.75, 3.05) is 6.54 Å². The molecule has 1 saturated carbocycles. The molecule has 1 aliphatic heterocycles. The van der Waals surface area contributed by atoms with Crippen molar-refractivity contribution in [1.29, 1.82) is 0 Å². The van der Waals surface area contributed by atoms with Gasteiger partial charge in [0, 0.05) is 17.6 Å². The summed E-state index contributed by atoms with van der Waals surface area (Å²) in [6.07, 6.45) is 3.87. The zero-order chi connectivity index (χ0) is 24.5. The van der Waals surface area contributed by atoms with Gasteiger partial charge in [0.1, 0.15) is 17.5 Å². The minimum atomic E-state index is -4.15. The molecule has 10 heteroatoms. The summed E-state index contributed by atoms with van der Waals surface area (Å²) in [7, 11) is -4.15. The van der Waals surface area contributed by atoms with Gasteiger partial charge in [-0.25, -0.2) is 12.7 Å². The highest BCUT2D eigenvalue weighted by Gasteiger charge is 2.43. The maximum Gasteiger partial charge on any atom is 0.269 e. The number of halogens is 1. The molecule has 0 spiro atoms. The van der Waals surface area contributed by atoms with Crippen LogP contribution in [0.5, 0.6) is 0 Å². The minimum absolute atomic E-state index is 0.0339. The number of hydrogen-bond acceptors (Lipinski definition) is 5. The van der Waals surface area contributed by atoms with Gasteiger partial charge in [0.2, 0.25) is 11.8 Å². The van der Waals surface area contributed by atoms with E-state index in [9.17, 15) is 22.8 Å². The number of hydrogen-bond donors (Lipinski definition) is 1. The van der Waals surface area contributed by atoms with Crippen molar-refractivity contribution < 1.29 is 22.8 Å². The number of amides is 3. The lowest BCUT2D eigenvalue weighted by molar-refractivity contribution is -0.140. The van der Waals surface area contributed by atoms with Crippen LogP contribution in [0.25, 0.3) is 0 Å². The van der Waals surface area contributed by atoms with E-state index in [1.54, 1.807) is 37.3 Å².